The zero-order chi connectivity index (χ0) is 12.3. The Morgan fingerprint density at radius 1 is 1.24 bits per heavy atom. The average Bonchev–Trinajstić information content (AvgIpc) is 2.39. The van der Waals surface area contributed by atoms with E-state index in [1.165, 1.54) is 6.20 Å². The third-order valence-corrected chi connectivity index (χ3v) is 2.78. The Hall–Kier alpha value is -1.87. The van der Waals surface area contributed by atoms with Crippen molar-refractivity contribution in [2.75, 3.05) is 11.9 Å². The molecular formula is C13H11ClN2O. The van der Waals surface area contributed by atoms with E-state index in [9.17, 15) is 4.79 Å². The minimum absolute atomic E-state index is 0.172. The molecule has 4 heteroatoms. The monoisotopic (exact) mass is 246 g/mol. The molecule has 0 N–H and O–H groups in total. The maximum atomic E-state index is 12.2. The highest BCUT2D eigenvalue weighted by Gasteiger charge is 2.16. The molecule has 17 heavy (non-hydrogen) atoms. The second kappa shape index (κ2) is 4.97. The van der Waals surface area contributed by atoms with E-state index in [4.69, 9.17) is 11.6 Å². The molecule has 3 nitrogen and oxygen atoms in total. The van der Waals surface area contributed by atoms with Crippen molar-refractivity contribution in [3.8, 4) is 0 Å². The van der Waals surface area contributed by atoms with Gasteiger partial charge in [-0.2, -0.15) is 0 Å². The van der Waals surface area contributed by atoms with Crippen molar-refractivity contribution in [3.05, 3.63) is 59.4 Å². The standard InChI is InChI=1S/C13H11ClN2O/c1-16(10-5-3-2-4-6-10)13(17)11-9-15-8-7-12(11)14/h2-9H,1H3. The molecule has 1 aromatic heterocycles. The zero-order valence-electron chi connectivity index (χ0n) is 9.30. The van der Waals surface area contributed by atoms with Crippen LogP contribution in [0.3, 0.4) is 0 Å². The van der Waals surface area contributed by atoms with Gasteiger partial charge in [0.25, 0.3) is 5.91 Å². The van der Waals surface area contributed by atoms with E-state index in [2.05, 4.69) is 4.98 Å². The number of amides is 1. The molecular weight excluding hydrogens is 236 g/mol. The quantitative estimate of drug-likeness (QED) is 0.816. The van der Waals surface area contributed by atoms with Gasteiger partial charge < -0.3 is 4.90 Å². The first-order valence-corrected chi connectivity index (χ1v) is 5.50. The fraction of sp³-hybridized carbons (Fsp3) is 0.0769. The minimum atomic E-state index is -0.172. The smallest absolute Gasteiger partial charge is 0.261 e. The zero-order valence-corrected chi connectivity index (χ0v) is 10.1. The molecule has 0 spiro atoms. The highest BCUT2D eigenvalue weighted by atomic mass is 35.5. The van der Waals surface area contributed by atoms with Crippen molar-refractivity contribution >= 4 is 23.2 Å². The predicted molar refractivity (Wildman–Crippen MR) is 68.4 cm³/mol. The van der Waals surface area contributed by atoms with Crippen LogP contribution in [-0.2, 0) is 0 Å². The highest BCUT2D eigenvalue weighted by Crippen LogP contribution is 2.19. The summed E-state index contributed by atoms with van der Waals surface area (Å²) >= 11 is 5.96. The summed E-state index contributed by atoms with van der Waals surface area (Å²) in [4.78, 5) is 17.6. The fourth-order valence-corrected chi connectivity index (χ4v) is 1.67. The molecule has 86 valence electrons. The molecule has 0 saturated heterocycles. The Morgan fingerprint density at radius 2 is 1.94 bits per heavy atom. The molecule has 1 aromatic carbocycles. The summed E-state index contributed by atoms with van der Waals surface area (Å²) in [6.45, 7) is 0. The number of para-hydroxylation sites is 1. The van der Waals surface area contributed by atoms with Crippen molar-refractivity contribution in [1.29, 1.82) is 0 Å². The Morgan fingerprint density at radius 3 is 2.59 bits per heavy atom. The van der Waals surface area contributed by atoms with Crippen molar-refractivity contribution in [2.45, 2.75) is 0 Å². The Bertz CT molecular complexity index is 528. The van der Waals surface area contributed by atoms with Crippen LogP contribution in [0.25, 0.3) is 0 Å². The lowest BCUT2D eigenvalue weighted by Gasteiger charge is -2.17. The fourth-order valence-electron chi connectivity index (χ4n) is 1.48. The van der Waals surface area contributed by atoms with Gasteiger partial charge in [-0.05, 0) is 18.2 Å². The van der Waals surface area contributed by atoms with E-state index in [0.717, 1.165) is 5.69 Å². The summed E-state index contributed by atoms with van der Waals surface area (Å²) in [5.41, 5.74) is 1.22. The van der Waals surface area contributed by atoms with Gasteiger partial charge in [0.2, 0.25) is 0 Å². The van der Waals surface area contributed by atoms with Crippen LogP contribution in [0.4, 0.5) is 5.69 Å². The van der Waals surface area contributed by atoms with E-state index >= 15 is 0 Å². The first-order chi connectivity index (χ1) is 8.20. The van der Waals surface area contributed by atoms with Gasteiger partial charge in [0.15, 0.2) is 0 Å². The number of hydrogen-bond acceptors (Lipinski definition) is 2. The van der Waals surface area contributed by atoms with Crippen molar-refractivity contribution < 1.29 is 4.79 Å². The van der Waals surface area contributed by atoms with E-state index in [-0.39, 0.29) is 5.91 Å². The Balaban J connectivity index is 2.30. The van der Waals surface area contributed by atoms with Crippen LogP contribution in [0.5, 0.6) is 0 Å². The van der Waals surface area contributed by atoms with Crippen molar-refractivity contribution in [3.63, 3.8) is 0 Å². The van der Waals surface area contributed by atoms with Gasteiger partial charge >= 0.3 is 0 Å². The second-order valence-electron chi connectivity index (χ2n) is 3.56. The molecule has 0 radical (unpaired) electrons. The van der Waals surface area contributed by atoms with E-state index in [1.54, 1.807) is 24.2 Å². The Labute approximate surface area is 105 Å². The summed E-state index contributed by atoms with van der Waals surface area (Å²) in [7, 11) is 1.71. The van der Waals surface area contributed by atoms with Crippen LogP contribution in [-0.4, -0.2) is 17.9 Å². The number of benzene rings is 1. The molecule has 0 atom stereocenters. The molecule has 0 saturated carbocycles. The van der Waals surface area contributed by atoms with Crippen LogP contribution >= 0.6 is 11.6 Å². The van der Waals surface area contributed by atoms with Crippen LogP contribution in [0.1, 0.15) is 10.4 Å². The highest BCUT2D eigenvalue weighted by molar-refractivity contribution is 6.34. The number of rotatable bonds is 2. The van der Waals surface area contributed by atoms with E-state index < -0.39 is 0 Å². The number of anilines is 1. The number of hydrogen-bond donors (Lipinski definition) is 0. The molecule has 0 aliphatic carbocycles. The van der Waals surface area contributed by atoms with Gasteiger partial charge in [-0.1, -0.05) is 29.8 Å². The molecule has 1 amide bonds. The third-order valence-electron chi connectivity index (χ3n) is 2.45. The number of nitrogens with zero attached hydrogens (tertiary/aromatic N) is 2. The molecule has 2 rings (SSSR count). The minimum Gasteiger partial charge on any atom is -0.311 e. The van der Waals surface area contributed by atoms with Gasteiger partial charge in [-0.3, -0.25) is 9.78 Å². The number of carbonyl (C=O) groups is 1. The van der Waals surface area contributed by atoms with Gasteiger partial charge in [0.05, 0.1) is 10.6 Å². The van der Waals surface area contributed by atoms with Crippen LogP contribution in [0.15, 0.2) is 48.8 Å². The normalized spacial score (nSPS) is 10.0. The second-order valence-corrected chi connectivity index (χ2v) is 3.96. The summed E-state index contributed by atoms with van der Waals surface area (Å²) in [6, 6.07) is 11.0. The molecule has 0 bridgehead atoms. The Kier molecular flexibility index (Phi) is 3.40. The topological polar surface area (TPSA) is 33.2 Å². The molecule has 2 aromatic rings. The van der Waals surface area contributed by atoms with Gasteiger partial charge in [0.1, 0.15) is 0 Å². The SMILES string of the molecule is CN(C(=O)c1cnccc1Cl)c1ccccc1. The lowest BCUT2D eigenvalue weighted by atomic mass is 10.2. The van der Waals surface area contributed by atoms with Crippen molar-refractivity contribution in [1.82, 2.24) is 4.98 Å². The maximum Gasteiger partial charge on any atom is 0.261 e. The summed E-state index contributed by atoms with van der Waals surface area (Å²) in [5, 5.41) is 0.410. The molecule has 1 heterocycles. The van der Waals surface area contributed by atoms with Crippen LogP contribution < -0.4 is 4.90 Å². The van der Waals surface area contributed by atoms with Crippen molar-refractivity contribution in [2.24, 2.45) is 0 Å². The van der Waals surface area contributed by atoms with Crippen LogP contribution in [0, 0.1) is 0 Å². The maximum absolute atomic E-state index is 12.2. The molecule has 0 aliphatic rings. The predicted octanol–water partition coefficient (Wildman–Crippen LogP) is 3.01. The lowest BCUT2D eigenvalue weighted by Crippen LogP contribution is -2.26. The van der Waals surface area contributed by atoms with Gasteiger partial charge in [-0.25, -0.2) is 0 Å². The van der Waals surface area contributed by atoms with Crippen LogP contribution in [0.2, 0.25) is 5.02 Å². The van der Waals surface area contributed by atoms with Gasteiger partial charge in [-0.15, -0.1) is 0 Å². The third kappa shape index (κ3) is 2.45. The average molecular weight is 247 g/mol. The lowest BCUT2D eigenvalue weighted by molar-refractivity contribution is 0.0993. The summed E-state index contributed by atoms with van der Waals surface area (Å²) in [5.74, 6) is -0.172. The first-order valence-electron chi connectivity index (χ1n) is 5.13. The summed E-state index contributed by atoms with van der Waals surface area (Å²) in [6.07, 6.45) is 3.03. The molecule has 0 aliphatic heterocycles. The summed E-state index contributed by atoms with van der Waals surface area (Å²) < 4.78 is 0. The number of aromatic nitrogens is 1. The molecule has 0 fully saturated rings. The molecule has 0 unspecified atom stereocenters. The van der Waals surface area contributed by atoms with Gasteiger partial charge in [0, 0.05) is 25.1 Å². The van der Waals surface area contributed by atoms with E-state index in [0.29, 0.717) is 10.6 Å². The largest absolute Gasteiger partial charge is 0.311 e. The number of carbonyl (C=O) groups excluding carboxylic acids is 1. The first kappa shape index (κ1) is 11.6. The van der Waals surface area contributed by atoms with E-state index in [1.807, 2.05) is 30.3 Å². The number of halogens is 1. The number of pyridine rings is 1.